The Bertz CT molecular complexity index is 774. The van der Waals surface area contributed by atoms with Gasteiger partial charge in [0.15, 0.2) is 11.5 Å². The molecule has 1 aromatic carbocycles. The molecule has 0 fully saturated rings. The Hall–Kier alpha value is -2.25. The van der Waals surface area contributed by atoms with Crippen LogP contribution in [0.1, 0.15) is 29.8 Å². The number of methoxy groups -OCH3 is 1. The molecule has 0 saturated carbocycles. The maximum absolute atomic E-state index is 9.33. The van der Waals surface area contributed by atoms with Crippen molar-refractivity contribution in [1.82, 2.24) is 14.7 Å². The molecule has 0 saturated heterocycles. The van der Waals surface area contributed by atoms with E-state index in [0.29, 0.717) is 13.2 Å². The smallest absolute Gasteiger partial charge is 0.164 e. The molecule has 26 heavy (non-hydrogen) atoms. The van der Waals surface area contributed by atoms with Gasteiger partial charge in [0.05, 0.1) is 38.3 Å². The van der Waals surface area contributed by atoms with E-state index in [-0.39, 0.29) is 6.61 Å². The van der Waals surface area contributed by atoms with Crippen LogP contribution in [0.5, 0.6) is 17.2 Å². The normalized spacial score (nSPS) is 17.3. The van der Waals surface area contributed by atoms with Crippen molar-refractivity contribution < 1.29 is 19.3 Å². The number of aliphatic hydroxyl groups is 1. The van der Waals surface area contributed by atoms with Gasteiger partial charge >= 0.3 is 0 Å². The second-order valence-electron chi connectivity index (χ2n) is 6.73. The topological polar surface area (TPSA) is 69.0 Å². The fourth-order valence-corrected chi connectivity index (χ4v) is 3.59. The number of hydrogen-bond acceptors (Lipinski definition) is 6. The van der Waals surface area contributed by atoms with Gasteiger partial charge in [0.1, 0.15) is 5.75 Å². The highest BCUT2D eigenvalue weighted by atomic mass is 16.5. The standard InChI is InChI=1S/C19H25N3O4/c1-24-17-10-19-18(25-6-3-7-26-19)8-14(17)11-21-4-2-5-22-16(12-21)9-15(13-23)20-22/h8-10,23H,2-7,11-13H2,1H3. The van der Waals surface area contributed by atoms with Crippen LogP contribution >= 0.6 is 0 Å². The van der Waals surface area contributed by atoms with Crippen LogP contribution in [0.25, 0.3) is 0 Å². The summed E-state index contributed by atoms with van der Waals surface area (Å²) in [6.45, 7) is 4.74. The Kier molecular flexibility index (Phi) is 4.99. The zero-order valence-electron chi connectivity index (χ0n) is 15.1. The van der Waals surface area contributed by atoms with Gasteiger partial charge in [-0.1, -0.05) is 0 Å². The molecule has 0 atom stereocenters. The van der Waals surface area contributed by atoms with Gasteiger partial charge in [0.2, 0.25) is 0 Å². The minimum absolute atomic E-state index is 0.0179. The van der Waals surface area contributed by atoms with Crippen molar-refractivity contribution in [3.8, 4) is 17.2 Å². The molecule has 2 aliphatic rings. The molecule has 0 spiro atoms. The molecule has 2 aliphatic heterocycles. The van der Waals surface area contributed by atoms with E-state index < -0.39 is 0 Å². The highest BCUT2D eigenvalue weighted by Crippen LogP contribution is 2.37. The minimum Gasteiger partial charge on any atom is -0.496 e. The maximum Gasteiger partial charge on any atom is 0.164 e. The molecule has 0 amide bonds. The first kappa shape index (κ1) is 17.2. The van der Waals surface area contributed by atoms with Gasteiger partial charge in [0.25, 0.3) is 0 Å². The van der Waals surface area contributed by atoms with Crippen LogP contribution in [0.3, 0.4) is 0 Å². The predicted octanol–water partition coefficient (Wildman–Crippen LogP) is 1.95. The van der Waals surface area contributed by atoms with Crippen LogP contribution < -0.4 is 14.2 Å². The number of aryl methyl sites for hydroxylation is 1. The summed E-state index contributed by atoms with van der Waals surface area (Å²) in [5.74, 6) is 2.37. The van der Waals surface area contributed by atoms with Crippen LogP contribution in [-0.2, 0) is 26.2 Å². The minimum atomic E-state index is -0.0179. The van der Waals surface area contributed by atoms with Crippen molar-refractivity contribution in [3.05, 3.63) is 35.2 Å². The lowest BCUT2D eigenvalue weighted by Crippen LogP contribution is -2.23. The third-order valence-corrected chi connectivity index (χ3v) is 4.85. The molecule has 140 valence electrons. The largest absolute Gasteiger partial charge is 0.496 e. The number of rotatable bonds is 4. The quantitative estimate of drug-likeness (QED) is 0.900. The number of aliphatic hydroxyl groups excluding tert-OH is 1. The molecule has 4 rings (SSSR count). The summed E-state index contributed by atoms with van der Waals surface area (Å²) in [5, 5.41) is 13.8. The molecule has 0 unspecified atom stereocenters. The van der Waals surface area contributed by atoms with Gasteiger partial charge in [-0.3, -0.25) is 9.58 Å². The van der Waals surface area contributed by atoms with E-state index in [1.165, 1.54) is 0 Å². The van der Waals surface area contributed by atoms with Crippen molar-refractivity contribution in [2.24, 2.45) is 0 Å². The van der Waals surface area contributed by atoms with Crippen LogP contribution in [0.2, 0.25) is 0 Å². The monoisotopic (exact) mass is 359 g/mol. The third kappa shape index (κ3) is 3.50. The van der Waals surface area contributed by atoms with Crippen molar-refractivity contribution >= 4 is 0 Å². The molecule has 7 heteroatoms. The molecule has 1 N–H and O–H groups in total. The summed E-state index contributed by atoms with van der Waals surface area (Å²) < 4.78 is 19.2. The highest BCUT2D eigenvalue weighted by Gasteiger charge is 2.20. The zero-order chi connectivity index (χ0) is 17.9. The molecular weight excluding hydrogens is 334 g/mol. The first-order chi connectivity index (χ1) is 12.8. The number of aromatic nitrogens is 2. The van der Waals surface area contributed by atoms with Crippen molar-refractivity contribution in [2.45, 2.75) is 39.1 Å². The number of nitrogens with zero attached hydrogens (tertiary/aromatic N) is 3. The number of fused-ring (bicyclic) bond motifs is 2. The lowest BCUT2D eigenvalue weighted by Gasteiger charge is -2.22. The lowest BCUT2D eigenvalue weighted by atomic mass is 10.1. The van der Waals surface area contributed by atoms with E-state index in [0.717, 1.165) is 73.2 Å². The molecular formula is C19H25N3O4. The van der Waals surface area contributed by atoms with E-state index in [4.69, 9.17) is 14.2 Å². The number of hydrogen-bond donors (Lipinski definition) is 1. The molecule has 0 aliphatic carbocycles. The van der Waals surface area contributed by atoms with Gasteiger partial charge in [-0.2, -0.15) is 5.10 Å². The summed E-state index contributed by atoms with van der Waals surface area (Å²) in [6.07, 6.45) is 1.90. The molecule has 2 aromatic rings. The summed E-state index contributed by atoms with van der Waals surface area (Å²) in [7, 11) is 1.69. The number of ether oxygens (including phenoxy) is 3. The Morgan fingerprint density at radius 1 is 1.12 bits per heavy atom. The molecule has 1 aromatic heterocycles. The van der Waals surface area contributed by atoms with Crippen molar-refractivity contribution in [1.29, 1.82) is 0 Å². The summed E-state index contributed by atoms with van der Waals surface area (Å²) in [5.41, 5.74) is 2.96. The summed E-state index contributed by atoms with van der Waals surface area (Å²) in [6, 6.07) is 5.96. The maximum atomic E-state index is 9.33. The number of benzene rings is 1. The molecule has 0 radical (unpaired) electrons. The van der Waals surface area contributed by atoms with Crippen LogP contribution in [0, 0.1) is 0 Å². The van der Waals surface area contributed by atoms with E-state index in [2.05, 4.69) is 10.00 Å². The Balaban J connectivity index is 1.57. The van der Waals surface area contributed by atoms with Crippen molar-refractivity contribution in [2.75, 3.05) is 26.9 Å². The van der Waals surface area contributed by atoms with Gasteiger partial charge in [-0.25, -0.2) is 0 Å². The average molecular weight is 359 g/mol. The van der Waals surface area contributed by atoms with Crippen LogP contribution in [-0.4, -0.2) is 46.7 Å². The highest BCUT2D eigenvalue weighted by molar-refractivity contribution is 5.51. The fraction of sp³-hybridized carbons (Fsp3) is 0.526. The van der Waals surface area contributed by atoms with Gasteiger partial charge in [-0.05, 0) is 18.6 Å². The Morgan fingerprint density at radius 2 is 1.92 bits per heavy atom. The van der Waals surface area contributed by atoms with E-state index >= 15 is 0 Å². The van der Waals surface area contributed by atoms with Crippen LogP contribution in [0.4, 0.5) is 0 Å². The Labute approximate surface area is 153 Å². The van der Waals surface area contributed by atoms with E-state index in [9.17, 15) is 5.11 Å². The average Bonchev–Trinajstić information content (AvgIpc) is 2.80. The first-order valence-electron chi connectivity index (χ1n) is 9.12. The van der Waals surface area contributed by atoms with Gasteiger partial charge in [-0.15, -0.1) is 0 Å². The first-order valence-corrected chi connectivity index (χ1v) is 9.12. The van der Waals surface area contributed by atoms with E-state index in [1.807, 2.05) is 22.9 Å². The lowest BCUT2D eigenvalue weighted by molar-refractivity contribution is 0.254. The zero-order valence-corrected chi connectivity index (χ0v) is 15.1. The Morgan fingerprint density at radius 3 is 2.69 bits per heavy atom. The molecule has 3 heterocycles. The third-order valence-electron chi connectivity index (χ3n) is 4.85. The van der Waals surface area contributed by atoms with Gasteiger partial charge in [0, 0.05) is 44.2 Å². The second kappa shape index (κ2) is 7.55. The fourth-order valence-electron chi connectivity index (χ4n) is 3.59. The summed E-state index contributed by atoms with van der Waals surface area (Å²) >= 11 is 0. The SMILES string of the molecule is COc1cc2c(cc1CN1CCCn3nc(CO)cc3C1)OCCCO2. The van der Waals surface area contributed by atoms with Gasteiger partial charge < -0.3 is 19.3 Å². The molecule has 7 nitrogen and oxygen atoms in total. The second-order valence-corrected chi connectivity index (χ2v) is 6.73. The van der Waals surface area contributed by atoms with Crippen LogP contribution in [0.15, 0.2) is 18.2 Å². The summed E-state index contributed by atoms with van der Waals surface area (Å²) in [4.78, 5) is 2.38. The predicted molar refractivity (Wildman–Crippen MR) is 95.5 cm³/mol. The molecule has 0 bridgehead atoms. The van der Waals surface area contributed by atoms with Crippen molar-refractivity contribution in [3.63, 3.8) is 0 Å². The van der Waals surface area contributed by atoms with E-state index in [1.54, 1.807) is 7.11 Å².